The van der Waals surface area contributed by atoms with Crippen molar-refractivity contribution in [2.24, 2.45) is 5.73 Å². The molecule has 9 nitrogen and oxygen atoms in total. The molecular weight excluding hydrogens is 509 g/mol. The number of primary amides is 1. The molecule has 3 rings (SSSR count). The van der Waals surface area contributed by atoms with E-state index in [1.54, 1.807) is 56.5 Å². The zero-order valence-electron chi connectivity index (χ0n) is 20.9. The number of quaternary nitrogens is 1. The van der Waals surface area contributed by atoms with Gasteiger partial charge < -0.3 is 37.2 Å². The molecule has 3 aromatic rings. The lowest BCUT2D eigenvalue weighted by atomic mass is 10.1. The molecule has 0 saturated carbocycles. The fourth-order valence-corrected chi connectivity index (χ4v) is 3.49. The molecule has 0 bridgehead atoms. The minimum atomic E-state index is -0.955. The van der Waals surface area contributed by atoms with Gasteiger partial charge in [0, 0.05) is 21.7 Å². The minimum Gasteiger partial charge on any atom is -1.00 e. The van der Waals surface area contributed by atoms with Crippen LogP contribution in [0.3, 0.4) is 0 Å². The number of carbonyl (C=O) groups excluding carboxylic acids is 2. The van der Waals surface area contributed by atoms with Crippen LogP contribution in [0.25, 0.3) is 10.9 Å². The van der Waals surface area contributed by atoms with E-state index >= 15 is 0 Å². The summed E-state index contributed by atoms with van der Waals surface area (Å²) in [6, 6.07) is 11.9. The van der Waals surface area contributed by atoms with Crippen molar-refractivity contribution in [2.75, 3.05) is 41.4 Å². The van der Waals surface area contributed by atoms with Crippen molar-refractivity contribution < 1.29 is 45.9 Å². The molecular formula is C25H31Cl2N3O6. The van der Waals surface area contributed by atoms with Gasteiger partial charge in [0.1, 0.15) is 18.9 Å². The second-order valence-corrected chi connectivity index (χ2v) is 9.28. The molecule has 36 heavy (non-hydrogen) atoms. The van der Waals surface area contributed by atoms with Gasteiger partial charge in [-0.05, 0) is 55.0 Å². The molecule has 0 unspecified atom stereocenters. The predicted molar refractivity (Wildman–Crippen MR) is 134 cm³/mol. The number of halogens is 2. The Kier molecular flexibility index (Phi) is 11.2. The number of fused-ring (bicyclic) bond motifs is 1. The molecule has 0 atom stereocenters. The fourth-order valence-electron chi connectivity index (χ4n) is 3.37. The third-order valence-corrected chi connectivity index (χ3v) is 5.42. The average Bonchev–Trinajstić information content (AvgIpc) is 3.03. The number of nitrogens with zero attached hydrogens (tertiary/aromatic N) is 2. The highest BCUT2D eigenvalue weighted by molar-refractivity contribution is 6.30. The standard InChI is InChI=1S/C19H16ClNO4.C6H14N2O2.ClH/c1-11-15(10-18(22)23)16-9-14(25-2)7-8-17(16)21(11)19(24)12-3-5-13(20)6-4-12;1-8(2,3)4-5-10-6(7)9;/h3-9H,10H2,1-2H3,(H,22,23);4-5H2,1-3H3,(H-,7,9);1H. The summed E-state index contributed by atoms with van der Waals surface area (Å²) in [5.74, 6) is -0.583. The predicted octanol–water partition coefficient (Wildman–Crippen LogP) is 0.719. The van der Waals surface area contributed by atoms with Crippen molar-refractivity contribution in [3.05, 3.63) is 64.3 Å². The molecule has 0 fully saturated rings. The second-order valence-electron chi connectivity index (χ2n) is 8.85. The van der Waals surface area contributed by atoms with E-state index in [4.69, 9.17) is 22.1 Å². The molecule has 0 radical (unpaired) electrons. The number of methoxy groups -OCH3 is 1. The molecule has 0 aliphatic carbocycles. The lowest BCUT2D eigenvalue weighted by Gasteiger charge is -2.22. The Morgan fingerprint density at radius 3 is 2.19 bits per heavy atom. The summed E-state index contributed by atoms with van der Waals surface area (Å²) in [4.78, 5) is 34.3. The molecule has 0 aliphatic rings. The van der Waals surface area contributed by atoms with E-state index in [0.717, 1.165) is 11.0 Å². The van der Waals surface area contributed by atoms with Crippen molar-refractivity contribution in [1.29, 1.82) is 0 Å². The summed E-state index contributed by atoms with van der Waals surface area (Å²) >= 11 is 5.89. The van der Waals surface area contributed by atoms with Gasteiger partial charge in [0.25, 0.3) is 5.91 Å². The van der Waals surface area contributed by atoms with Gasteiger partial charge in [0.15, 0.2) is 0 Å². The molecule has 2 aromatic carbocycles. The maximum absolute atomic E-state index is 13.0. The molecule has 0 aliphatic heterocycles. The lowest BCUT2D eigenvalue weighted by Crippen LogP contribution is -3.00. The van der Waals surface area contributed by atoms with E-state index in [0.29, 0.717) is 45.1 Å². The van der Waals surface area contributed by atoms with Crippen molar-refractivity contribution >= 4 is 40.5 Å². The number of likely N-dealkylation sites (N-methyl/N-ethyl adjacent to an activating group) is 1. The quantitative estimate of drug-likeness (QED) is 0.426. The van der Waals surface area contributed by atoms with Crippen LogP contribution in [0.1, 0.15) is 21.6 Å². The number of aliphatic carboxylic acids is 1. The van der Waals surface area contributed by atoms with Crippen LogP contribution >= 0.6 is 11.6 Å². The van der Waals surface area contributed by atoms with Crippen LogP contribution < -0.4 is 22.9 Å². The van der Waals surface area contributed by atoms with E-state index in [1.807, 2.05) is 21.1 Å². The van der Waals surface area contributed by atoms with E-state index in [9.17, 15) is 19.5 Å². The first-order chi connectivity index (χ1) is 16.3. The Labute approximate surface area is 221 Å². The Morgan fingerprint density at radius 2 is 1.69 bits per heavy atom. The van der Waals surface area contributed by atoms with Crippen LogP contribution in [-0.2, 0) is 16.0 Å². The van der Waals surface area contributed by atoms with E-state index in [-0.39, 0.29) is 24.7 Å². The first kappa shape index (κ1) is 30.8. The topological polar surface area (TPSA) is 121 Å². The number of ether oxygens (including phenoxy) is 2. The third kappa shape index (κ3) is 8.44. The van der Waals surface area contributed by atoms with Gasteiger partial charge in [0.2, 0.25) is 0 Å². The minimum absolute atomic E-state index is 0. The highest BCUT2D eigenvalue weighted by Crippen LogP contribution is 2.30. The monoisotopic (exact) mass is 539 g/mol. The normalized spacial score (nSPS) is 10.6. The molecule has 196 valence electrons. The number of hydrogen-bond acceptors (Lipinski definition) is 5. The molecule has 1 amide bonds. The Bertz CT molecular complexity index is 1220. The van der Waals surface area contributed by atoms with Gasteiger partial charge in [0.05, 0.1) is 40.2 Å². The zero-order valence-corrected chi connectivity index (χ0v) is 22.4. The summed E-state index contributed by atoms with van der Waals surface area (Å²) in [7, 11) is 7.60. The molecule has 0 saturated heterocycles. The summed E-state index contributed by atoms with van der Waals surface area (Å²) in [5, 5.41) is 10.5. The smallest absolute Gasteiger partial charge is 0.404 e. The highest BCUT2D eigenvalue weighted by Gasteiger charge is 2.21. The van der Waals surface area contributed by atoms with Crippen molar-refractivity contribution in [2.45, 2.75) is 13.3 Å². The largest absolute Gasteiger partial charge is 1.00 e. The maximum Gasteiger partial charge on any atom is 0.404 e. The summed E-state index contributed by atoms with van der Waals surface area (Å²) < 4.78 is 12.1. The number of nitrogens with two attached hydrogens (primary N) is 1. The SMILES string of the molecule is COc1ccc2c(c1)c(CC(=O)O)c(C)n2C(=O)c1ccc(Cl)cc1.C[N+](C)(C)CCOC(N)=O.[Cl-]. The van der Waals surface area contributed by atoms with Crippen molar-refractivity contribution in [3.63, 3.8) is 0 Å². The van der Waals surface area contributed by atoms with E-state index in [1.165, 1.54) is 4.57 Å². The average molecular weight is 540 g/mol. The van der Waals surface area contributed by atoms with Crippen LogP contribution in [0.4, 0.5) is 4.79 Å². The summed E-state index contributed by atoms with van der Waals surface area (Å²) in [6.07, 6.45) is -0.871. The summed E-state index contributed by atoms with van der Waals surface area (Å²) in [6.45, 7) is 2.92. The van der Waals surface area contributed by atoms with Crippen LogP contribution in [0.5, 0.6) is 5.75 Å². The number of carboxylic acids is 1. The molecule has 11 heteroatoms. The van der Waals surface area contributed by atoms with Crippen LogP contribution in [0.2, 0.25) is 5.02 Å². The van der Waals surface area contributed by atoms with Crippen LogP contribution in [0, 0.1) is 6.92 Å². The summed E-state index contributed by atoms with van der Waals surface area (Å²) in [5.41, 5.74) is 7.08. The number of carbonyl (C=O) groups is 3. The first-order valence-corrected chi connectivity index (χ1v) is 11.1. The van der Waals surface area contributed by atoms with Gasteiger partial charge in [-0.25, -0.2) is 4.79 Å². The number of benzene rings is 2. The number of rotatable bonds is 7. The van der Waals surface area contributed by atoms with Gasteiger partial charge in [-0.15, -0.1) is 0 Å². The molecule has 1 aromatic heterocycles. The fraction of sp³-hybridized carbons (Fsp3) is 0.320. The number of hydrogen-bond donors (Lipinski definition) is 2. The van der Waals surface area contributed by atoms with Gasteiger partial charge >= 0.3 is 12.1 Å². The lowest BCUT2D eigenvalue weighted by molar-refractivity contribution is -0.870. The van der Waals surface area contributed by atoms with Crippen LogP contribution in [0.15, 0.2) is 42.5 Å². The Morgan fingerprint density at radius 1 is 1.08 bits per heavy atom. The van der Waals surface area contributed by atoms with E-state index in [2.05, 4.69) is 4.74 Å². The van der Waals surface area contributed by atoms with Crippen molar-refractivity contribution in [1.82, 2.24) is 4.57 Å². The number of carboxylic acid groups (broad SMARTS) is 1. The number of amides is 1. The molecule has 3 N–H and O–H groups in total. The molecule has 1 heterocycles. The number of aromatic nitrogens is 1. The van der Waals surface area contributed by atoms with E-state index < -0.39 is 12.1 Å². The van der Waals surface area contributed by atoms with Crippen molar-refractivity contribution in [3.8, 4) is 5.75 Å². The Balaban J connectivity index is 0.000000504. The van der Waals surface area contributed by atoms with Gasteiger partial charge in [-0.1, -0.05) is 11.6 Å². The third-order valence-electron chi connectivity index (χ3n) is 5.17. The first-order valence-electron chi connectivity index (χ1n) is 10.8. The zero-order chi connectivity index (χ0) is 26.3. The van der Waals surface area contributed by atoms with Gasteiger partial charge in [-0.3, -0.25) is 14.2 Å². The molecule has 0 spiro atoms. The maximum atomic E-state index is 13.0. The van der Waals surface area contributed by atoms with Crippen LogP contribution in [-0.4, -0.2) is 73.5 Å². The second kappa shape index (κ2) is 13.2. The Hall–Kier alpha value is -3.27. The highest BCUT2D eigenvalue weighted by atomic mass is 35.5. The van der Waals surface area contributed by atoms with Gasteiger partial charge in [-0.2, -0.15) is 0 Å².